The van der Waals surface area contributed by atoms with E-state index in [1.165, 1.54) is 20.3 Å². The molecular weight excluding hydrogens is 460 g/mol. The number of aliphatic hydroxyl groups excluding tert-OH is 4. The van der Waals surface area contributed by atoms with Gasteiger partial charge in [-0.15, -0.1) is 0 Å². The molecule has 35 heavy (non-hydrogen) atoms. The van der Waals surface area contributed by atoms with Crippen LogP contribution in [0.1, 0.15) is 22.6 Å². The Bertz CT molecular complexity index is 1030. The standard InChI is InChI=1S/C25H32O10/c1-32-20-6-12(3-4-17(20)27)22-15-8-18(28)21(33-2)7-13(15)5-14(16(22)9-26)10-34-25-24(31)23(30)19(29)11-35-25/h3-4,6-8,14,16,19,22-31H,5,9-11H2,1-2H3/t14-,16-,19-,22-,23-,24+,25+/m0/s1. The first-order valence-corrected chi connectivity index (χ1v) is 11.4. The fourth-order valence-electron chi connectivity index (χ4n) is 5.09. The summed E-state index contributed by atoms with van der Waals surface area (Å²) in [5, 5.41) is 60.9. The average Bonchev–Trinajstić information content (AvgIpc) is 2.86. The first kappa shape index (κ1) is 25.5. The molecule has 2 aromatic rings. The van der Waals surface area contributed by atoms with Crippen LogP contribution in [0.2, 0.25) is 0 Å². The van der Waals surface area contributed by atoms with Crippen molar-refractivity contribution in [1.29, 1.82) is 0 Å². The van der Waals surface area contributed by atoms with E-state index in [1.54, 1.807) is 24.3 Å². The minimum atomic E-state index is -1.42. The van der Waals surface area contributed by atoms with Gasteiger partial charge in [0.2, 0.25) is 0 Å². The van der Waals surface area contributed by atoms with Crippen molar-refractivity contribution < 1.29 is 49.6 Å². The lowest BCUT2D eigenvalue weighted by Gasteiger charge is -2.41. The van der Waals surface area contributed by atoms with Gasteiger partial charge < -0.3 is 49.6 Å². The maximum absolute atomic E-state index is 10.5. The summed E-state index contributed by atoms with van der Waals surface area (Å²) in [6.07, 6.45) is -4.66. The zero-order valence-electron chi connectivity index (χ0n) is 19.6. The van der Waals surface area contributed by atoms with Crippen LogP contribution >= 0.6 is 0 Å². The minimum absolute atomic E-state index is 0.0190. The fraction of sp³-hybridized carbons (Fsp3) is 0.520. The molecule has 0 spiro atoms. The molecule has 192 valence electrons. The number of aromatic hydroxyl groups is 2. The van der Waals surface area contributed by atoms with Gasteiger partial charge in [-0.2, -0.15) is 0 Å². The molecule has 0 aromatic heterocycles. The highest BCUT2D eigenvalue weighted by molar-refractivity contribution is 5.53. The molecule has 1 heterocycles. The van der Waals surface area contributed by atoms with Gasteiger partial charge in [0.15, 0.2) is 29.3 Å². The Hall–Kier alpha value is -2.60. The second-order valence-corrected chi connectivity index (χ2v) is 9.03. The largest absolute Gasteiger partial charge is 0.504 e. The summed E-state index contributed by atoms with van der Waals surface area (Å²) in [6, 6.07) is 8.34. The molecule has 2 aromatic carbocycles. The maximum Gasteiger partial charge on any atom is 0.186 e. The SMILES string of the molecule is COc1cc([C@H]2c3cc(O)c(OC)cc3C[C@@H](CO[C@@H]3OC[C@H](O)[C@H](O)[C@H]3O)[C@@H]2CO)ccc1O. The van der Waals surface area contributed by atoms with Crippen LogP contribution in [0.15, 0.2) is 30.3 Å². The number of aliphatic hydroxyl groups is 4. The molecule has 0 saturated carbocycles. The van der Waals surface area contributed by atoms with E-state index in [2.05, 4.69) is 0 Å². The first-order chi connectivity index (χ1) is 16.8. The van der Waals surface area contributed by atoms with Crippen LogP contribution < -0.4 is 9.47 Å². The molecule has 0 bridgehead atoms. The predicted octanol–water partition coefficient (Wildman–Crippen LogP) is 0.483. The number of phenolic OH excluding ortho intramolecular Hbond substituents is 2. The number of ether oxygens (including phenoxy) is 4. The summed E-state index contributed by atoms with van der Waals surface area (Å²) in [6.45, 7) is -0.292. The van der Waals surface area contributed by atoms with Crippen LogP contribution in [0.3, 0.4) is 0 Å². The number of benzene rings is 2. The Morgan fingerprint density at radius 3 is 2.34 bits per heavy atom. The second-order valence-electron chi connectivity index (χ2n) is 9.03. The Morgan fingerprint density at radius 2 is 1.66 bits per heavy atom. The molecule has 1 aliphatic heterocycles. The van der Waals surface area contributed by atoms with Crippen molar-refractivity contribution in [3.63, 3.8) is 0 Å². The van der Waals surface area contributed by atoms with E-state index in [9.17, 15) is 30.6 Å². The van der Waals surface area contributed by atoms with Crippen LogP contribution in [0.5, 0.6) is 23.0 Å². The lowest BCUT2D eigenvalue weighted by atomic mass is 9.67. The van der Waals surface area contributed by atoms with Gasteiger partial charge >= 0.3 is 0 Å². The van der Waals surface area contributed by atoms with E-state index in [0.717, 1.165) is 16.7 Å². The Labute approximate surface area is 202 Å². The third-order valence-corrected chi connectivity index (χ3v) is 6.99. The van der Waals surface area contributed by atoms with Gasteiger partial charge in [-0.05, 0) is 59.2 Å². The van der Waals surface area contributed by atoms with Crippen molar-refractivity contribution in [2.75, 3.05) is 34.0 Å². The van der Waals surface area contributed by atoms with E-state index in [0.29, 0.717) is 12.2 Å². The molecule has 6 N–H and O–H groups in total. The van der Waals surface area contributed by atoms with Crippen molar-refractivity contribution in [2.24, 2.45) is 11.8 Å². The third-order valence-electron chi connectivity index (χ3n) is 6.99. The molecule has 0 unspecified atom stereocenters. The van der Waals surface area contributed by atoms with Crippen molar-refractivity contribution in [2.45, 2.75) is 36.9 Å². The average molecular weight is 493 g/mol. The van der Waals surface area contributed by atoms with E-state index < -0.39 is 24.6 Å². The highest BCUT2D eigenvalue weighted by atomic mass is 16.7. The van der Waals surface area contributed by atoms with Gasteiger partial charge in [0, 0.05) is 12.5 Å². The minimum Gasteiger partial charge on any atom is -0.504 e. The van der Waals surface area contributed by atoms with E-state index in [-0.39, 0.29) is 54.8 Å². The van der Waals surface area contributed by atoms with Crippen LogP contribution in [0.25, 0.3) is 0 Å². The number of hydrogen-bond acceptors (Lipinski definition) is 10. The quantitative estimate of drug-likeness (QED) is 0.321. The molecule has 10 heteroatoms. The molecule has 7 atom stereocenters. The van der Waals surface area contributed by atoms with E-state index in [1.807, 2.05) is 0 Å². The van der Waals surface area contributed by atoms with Gasteiger partial charge in [-0.25, -0.2) is 0 Å². The number of hydrogen-bond donors (Lipinski definition) is 6. The van der Waals surface area contributed by atoms with Crippen molar-refractivity contribution in [3.8, 4) is 23.0 Å². The molecule has 2 aliphatic rings. The summed E-state index contributed by atoms with van der Waals surface area (Å²) in [4.78, 5) is 0. The van der Waals surface area contributed by atoms with Crippen LogP contribution in [0.4, 0.5) is 0 Å². The topological polar surface area (TPSA) is 158 Å². The van der Waals surface area contributed by atoms with Crippen molar-refractivity contribution in [1.82, 2.24) is 0 Å². The highest BCUT2D eigenvalue weighted by Gasteiger charge is 2.42. The molecule has 1 fully saturated rings. The number of phenols is 2. The van der Waals surface area contributed by atoms with Gasteiger partial charge in [-0.1, -0.05) is 6.07 Å². The number of rotatable bonds is 7. The molecular formula is C25H32O10. The Balaban J connectivity index is 1.69. The molecule has 10 nitrogen and oxygen atoms in total. The predicted molar refractivity (Wildman–Crippen MR) is 123 cm³/mol. The van der Waals surface area contributed by atoms with E-state index >= 15 is 0 Å². The summed E-state index contributed by atoms with van der Waals surface area (Å²) in [5.74, 6) is -0.436. The van der Waals surface area contributed by atoms with Gasteiger partial charge in [-0.3, -0.25) is 0 Å². The molecule has 0 amide bonds. The van der Waals surface area contributed by atoms with Crippen LogP contribution in [0, 0.1) is 11.8 Å². The summed E-state index contributed by atoms with van der Waals surface area (Å²) in [7, 11) is 2.91. The maximum atomic E-state index is 10.5. The summed E-state index contributed by atoms with van der Waals surface area (Å²) < 4.78 is 21.8. The Morgan fingerprint density at radius 1 is 0.943 bits per heavy atom. The van der Waals surface area contributed by atoms with E-state index in [4.69, 9.17) is 18.9 Å². The summed E-state index contributed by atoms with van der Waals surface area (Å²) >= 11 is 0. The monoisotopic (exact) mass is 492 g/mol. The molecule has 0 radical (unpaired) electrons. The second kappa shape index (κ2) is 10.6. The van der Waals surface area contributed by atoms with Gasteiger partial charge in [0.05, 0.1) is 27.4 Å². The lowest BCUT2D eigenvalue weighted by molar-refractivity contribution is -0.273. The molecule has 1 aliphatic carbocycles. The highest BCUT2D eigenvalue weighted by Crippen LogP contribution is 2.48. The molecule has 4 rings (SSSR count). The third kappa shape index (κ3) is 4.90. The van der Waals surface area contributed by atoms with Crippen LogP contribution in [-0.2, 0) is 15.9 Å². The van der Waals surface area contributed by atoms with Gasteiger partial charge in [0.25, 0.3) is 0 Å². The Kier molecular flexibility index (Phi) is 7.70. The van der Waals surface area contributed by atoms with Gasteiger partial charge in [0.1, 0.15) is 18.3 Å². The normalized spacial score (nSPS) is 30.5. The first-order valence-electron chi connectivity index (χ1n) is 11.4. The summed E-state index contributed by atoms with van der Waals surface area (Å²) in [5.41, 5.74) is 2.45. The van der Waals surface area contributed by atoms with Crippen LogP contribution in [-0.4, -0.2) is 89.3 Å². The lowest BCUT2D eigenvalue weighted by Crippen LogP contribution is -2.54. The van der Waals surface area contributed by atoms with Crippen molar-refractivity contribution in [3.05, 3.63) is 47.0 Å². The molecule has 1 saturated heterocycles. The smallest absolute Gasteiger partial charge is 0.186 e. The number of fused-ring (bicyclic) bond motifs is 1. The number of methoxy groups -OCH3 is 2. The zero-order chi connectivity index (χ0) is 25.3. The zero-order valence-corrected chi connectivity index (χ0v) is 19.6. The fourth-order valence-corrected chi connectivity index (χ4v) is 5.09. The van der Waals surface area contributed by atoms with Crippen molar-refractivity contribution >= 4 is 0 Å².